The molecule has 182 valence electrons. The number of carbonyl (C=O) groups is 2. The summed E-state index contributed by atoms with van der Waals surface area (Å²) >= 11 is 0. The number of rotatable bonds is 6. The first kappa shape index (κ1) is 24.6. The Morgan fingerprint density at radius 3 is 2.37 bits per heavy atom. The first-order valence-corrected chi connectivity index (χ1v) is 12.5. The van der Waals surface area contributed by atoms with Crippen molar-refractivity contribution < 1.29 is 22.4 Å². The summed E-state index contributed by atoms with van der Waals surface area (Å²) in [6.07, 6.45) is 0. The van der Waals surface area contributed by atoms with E-state index >= 15 is 0 Å². The third-order valence-corrected chi connectivity index (χ3v) is 7.85. The zero-order valence-electron chi connectivity index (χ0n) is 19.4. The van der Waals surface area contributed by atoms with Crippen molar-refractivity contribution in [3.05, 3.63) is 95.8 Å². The topological polar surface area (TPSA) is 86.8 Å². The van der Waals surface area contributed by atoms with Crippen LogP contribution in [0.5, 0.6) is 0 Å². The van der Waals surface area contributed by atoms with Crippen LogP contribution in [0.4, 0.5) is 10.1 Å². The fourth-order valence-electron chi connectivity index (χ4n) is 4.17. The molecule has 0 bridgehead atoms. The Balaban J connectivity index is 1.70. The average molecular weight is 496 g/mol. The van der Waals surface area contributed by atoms with Gasteiger partial charge in [0, 0.05) is 18.8 Å². The second-order valence-corrected chi connectivity index (χ2v) is 10.7. The Labute approximate surface area is 204 Å². The lowest BCUT2D eigenvalue weighted by atomic mass is 9.94. The molecule has 1 aliphatic heterocycles. The van der Waals surface area contributed by atoms with Crippen LogP contribution in [-0.4, -0.2) is 43.2 Å². The van der Waals surface area contributed by atoms with E-state index in [9.17, 15) is 22.4 Å². The van der Waals surface area contributed by atoms with Crippen molar-refractivity contribution >= 4 is 27.5 Å². The summed E-state index contributed by atoms with van der Waals surface area (Å²) in [4.78, 5) is 28.1. The van der Waals surface area contributed by atoms with E-state index in [0.717, 1.165) is 21.5 Å². The highest BCUT2D eigenvalue weighted by atomic mass is 32.2. The molecule has 0 unspecified atom stereocenters. The molecule has 3 aromatic rings. The minimum Gasteiger partial charge on any atom is -0.350 e. The van der Waals surface area contributed by atoms with Gasteiger partial charge in [-0.1, -0.05) is 54.1 Å². The van der Waals surface area contributed by atoms with E-state index in [1.807, 2.05) is 31.2 Å². The van der Waals surface area contributed by atoms with Crippen LogP contribution in [0.1, 0.15) is 18.1 Å². The largest absolute Gasteiger partial charge is 0.350 e. The smallest absolute Gasteiger partial charge is 0.247 e. The molecule has 1 aliphatic rings. The summed E-state index contributed by atoms with van der Waals surface area (Å²) in [7, 11) is -4.05. The maximum absolute atomic E-state index is 14.0. The number of piperazine rings is 1. The van der Waals surface area contributed by atoms with Gasteiger partial charge in [0.2, 0.25) is 21.8 Å². The average Bonchev–Trinajstić information content (AvgIpc) is 2.83. The predicted octanol–water partition coefficient (Wildman–Crippen LogP) is 3.25. The van der Waals surface area contributed by atoms with Gasteiger partial charge in [-0.15, -0.1) is 0 Å². The quantitative estimate of drug-likeness (QED) is 0.569. The molecule has 3 aromatic carbocycles. The van der Waals surface area contributed by atoms with Crippen molar-refractivity contribution in [1.82, 2.24) is 9.62 Å². The van der Waals surface area contributed by atoms with E-state index in [4.69, 9.17) is 0 Å². The first-order chi connectivity index (χ1) is 16.6. The van der Waals surface area contributed by atoms with Crippen LogP contribution in [0.3, 0.4) is 0 Å². The lowest BCUT2D eigenvalue weighted by Crippen LogP contribution is -2.70. The number of aryl methyl sites for hydroxylation is 1. The molecule has 35 heavy (non-hydrogen) atoms. The van der Waals surface area contributed by atoms with Gasteiger partial charge in [0.05, 0.1) is 11.4 Å². The lowest BCUT2D eigenvalue weighted by molar-refractivity contribution is -0.133. The van der Waals surface area contributed by atoms with Crippen molar-refractivity contribution in [2.45, 2.75) is 30.8 Å². The van der Waals surface area contributed by atoms with Crippen LogP contribution in [0.2, 0.25) is 0 Å². The van der Waals surface area contributed by atoms with Crippen LogP contribution >= 0.6 is 0 Å². The monoisotopic (exact) mass is 495 g/mol. The Kier molecular flexibility index (Phi) is 6.73. The second kappa shape index (κ2) is 9.59. The number of nitrogens with one attached hydrogen (secondary N) is 1. The van der Waals surface area contributed by atoms with Crippen molar-refractivity contribution in [3.63, 3.8) is 0 Å². The third-order valence-electron chi connectivity index (χ3n) is 6.05. The number of hydrogen-bond donors (Lipinski definition) is 1. The summed E-state index contributed by atoms with van der Waals surface area (Å²) in [5, 5.41) is 2.83. The highest BCUT2D eigenvalue weighted by molar-refractivity contribution is 7.89. The summed E-state index contributed by atoms with van der Waals surface area (Å²) in [5.41, 5.74) is 0.472. The summed E-state index contributed by atoms with van der Waals surface area (Å²) in [5.74, 6) is -1.75. The molecule has 4 rings (SSSR count). The number of carbonyl (C=O) groups excluding carboxylic acids is 2. The molecule has 1 saturated heterocycles. The molecule has 0 aromatic heterocycles. The fraction of sp³-hybridized carbons (Fsp3) is 0.231. The third kappa shape index (κ3) is 4.96. The van der Waals surface area contributed by atoms with Crippen molar-refractivity contribution in [2.75, 3.05) is 18.0 Å². The highest BCUT2D eigenvalue weighted by Gasteiger charge is 2.51. The Morgan fingerprint density at radius 2 is 1.71 bits per heavy atom. The molecule has 7 nitrogen and oxygen atoms in total. The molecular weight excluding hydrogens is 469 g/mol. The Hall–Kier alpha value is -3.56. The zero-order chi connectivity index (χ0) is 25.2. The summed E-state index contributed by atoms with van der Waals surface area (Å²) in [6, 6.07) is 20.7. The predicted molar refractivity (Wildman–Crippen MR) is 131 cm³/mol. The first-order valence-electron chi connectivity index (χ1n) is 11.1. The molecule has 1 fully saturated rings. The molecule has 0 saturated carbocycles. The van der Waals surface area contributed by atoms with E-state index in [1.165, 1.54) is 42.2 Å². The number of anilines is 1. The van der Waals surface area contributed by atoms with Gasteiger partial charge < -0.3 is 5.32 Å². The van der Waals surface area contributed by atoms with E-state index in [-0.39, 0.29) is 23.7 Å². The second-order valence-electron chi connectivity index (χ2n) is 8.74. The van der Waals surface area contributed by atoms with E-state index in [2.05, 4.69) is 5.32 Å². The maximum Gasteiger partial charge on any atom is 0.247 e. The molecule has 0 radical (unpaired) electrons. The zero-order valence-corrected chi connectivity index (χ0v) is 20.3. The molecule has 9 heteroatoms. The molecule has 1 atom stereocenters. The molecular formula is C26H26FN3O4S. The number of amides is 2. The Bertz CT molecular complexity index is 1350. The van der Waals surface area contributed by atoms with Gasteiger partial charge in [-0.05, 0) is 49.7 Å². The summed E-state index contributed by atoms with van der Waals surface area (Å²) in [6.45, 7) is 2.86. The molecule has 0 aliphatic carbocycles. The van der Waals surface area contributed by atoms with Gasteiger partial charge in [-0.3, -0.25) is 14.5 Å². The van der Waals surface area contributed by atoms with Gasteiger partial charge in [-0.25, -0.2) is 12.8 Å². The minimum absolute atomic E-state index is 0.0226. The van der Waals surface area contributed by atoms with Crippen LogP contribution in [0.15, 0.2) is 83.8 Å². The van der Waals surface area contributed by atoms with E-state index in [0.29, 0.717) is 0 Å². The van der Waals surface area contributed by atoms with Crippen LogP contribution < -0.4 is 10.2 Å². The van der Waals surface area contributed by atoms with Crippen molar-refractivity contribution in [2.24, 2.45) is 0 Å². The van der Waals surface area contributed by atoms with Gasteiger partial charge in [0.15, 0.2) is 0 Å². The highest BCUT2D eigenvalue weighted by Crippen LogP contribution is 2.32. The van der Waals surface area contributed by atoms with Crippen LogP contribution in [-0.2, 0) is 26.2 Å². The molecule has 1 heterocycles. The maximum atomic E-state index is 14.0. The van der Waals surface area contributed by atoms with Crippen LogP contribution in [0, 0.1) is 12.7 Å². The molecule has 1 N–H and O–H groups in total. The fourth-order valence-corrected chi connectivity index (χ4v) is 5.68. The molecule has 2 amide bonds. The van der Waals surface area contributed by atoms with Crippen molar-refractivity contribution in [1.29, 1.82) is 0 Å². The van der Waals surface area contributed by atoms with Gasteiger partial charge >= 0.3 is 0 Å². The lowest BCUT2D eigenvalue weighted by Gasteiger charge is -2.46. The van der Waals surface area contributed by atoms with Gasteiger partial charge in [-0.2, -0.15) is 4.31 Å². The number of sulfonamides is 1. The summed E-state index contributed by atoms with van der Waals surface area (Å²) < 4.78 is 41.7. The normalized spacial score (nSPS) is 18.9. The molecule has 0 spiro atoms. The minimum atomic E-state index is -4.05. The van der Waals surface area contributed by atoms with Crippen molar-refractivity contribution in [3.8, 4) is 0 Å². The van der Waals surface area contributed by atoms with E-state index in [1.54, 1.807) is 18.2 Å². The number of hydrogen-bond acceptors (Lipinski definition) is 4. The SMILES string of the molecule is Cc1ccc(CNC(=O)[C@]2(C)CN(S(=O)(=O)c3ccccc3)CC(=O)N2c2cccc(F)c2)cc1. The van der Waals surface area contributed by atoms with Gasteiger partial charge in [0.1, 0.15) is 11.4 Å². The van der Waals surface area contributed by atoms with Crippen LogP contribution in [0.25, 0.3) is 0 Å². The number of halogens is 1. The number of benzene rings is 3. The van der Waals surface area contributed by atoms with E-state index < -0.39 is 39.7 Å². The standard InChI is InChI=1S/C26H26FN3O4S/c1-19-11-13-20(14-12-19)16-28-25(32)26(2)18-29(35(33,34)23-9-4-3-5-10-23)17-24(31)30(26)22-8-6-7-21(27)15-22/h3-15H,16-18H2,1-2H3,(H,28,32)/t26-/m0/s1. The number of nitrogens with zero attached hydrogens (tertiary/aromatic N) is 2. The Morgan fingerprint density at radius 1 is 1.03 bits per heavy atom. The van der Waals surface area contributed by atoms with Gasteiger partial charge in [0.25, 0.3) is 0 Å².